The predicted molar refractivity (Wildman–Crippen MR) is 92.4 cm³/mol. The summed E-state index contributed by atoms with van der Waals surface area (Å²) in [6, 6.07) is 0. The van der Waals surface area contributed by atoms with E-state index in [9.17, 15) is 4.79 Å². The van der Waals surface area contributed by atoms with Crippen LogP contribution in [0.4, 0.5) is 0 Å². The van der Waals surface area contributed by atoms with Gasteiger partial charge < -0.3 is 10.2 Å². The molecule has 126 valence electrons. The minimum absolute atomic E-state index is 0.0102. The van der Waals surface area contributed by atoms with E-state index >= 15 is 0 Å². The minimum Gasteiger partial charge on any atom is -0.356 e. The fraction of sp³-hybridized carbons (Fsp3) is 0.944. The molecule has 0 bridgehead atoms. The molecular weight excluding hydrogens is 260 g/mol. The third-order valence-electron chi connectivity index (χ3n) is 4.02. The molecule has 0 aliphatic heterocycles. The first-order chi connectivity index (χ1) is 9.51. The van der Waals surface area contributed by atoms with Crippen LogP contribution in [-0.2, 0) is 4.79 Å². The van der Waals surface area contributed by atoms with E-state index in [0.717, 1.165) is 39.0 Å². The Morgan fingerprint density at radius 1 is 1.05 bits per heavy atom. The first-order valence-corrected chi connectivity index (χ1v) is 8.51. The fourth-order valence-corrected chi connectivity index (χ4v) is 2.58. The Morgan fingerprint density at radius 3 is 1.95 bits per heavy atom. The zero-order valence-electron chi connectivity index (χ0n) is 15.7. The second kappa shape index (κ2) is 8.77. The van der Waals surface area contributed by atoms with Crippen molar-refractivity contribution in [3.63, 3.8) is 0 Å². The SMILES string of the molecule is CCN(CC)CCCNC(=O)C(CC(C)(C)C)C(C)(C)C. The number of hydrogen-bond acceptors (Lipinski definition) is 2. The van der Waals surface area contributed by atoms with Crippen molar-refractivity contribution in [2.24, 2.45) is 16.7 Å². The van der Waals surface area contributed by atoms with E-state index in [1.165, 1.54) is 0 Å². The third-order valence-corrected chi connectivity index (χ3v) is 4.02. The largest absolute Gasteiger partial charge is 0.356 e. The summed E-state index contributed by atoms with van der Waals surface area (Å²) < 4.78 is 0. The normalized spacial score (nSPS) is 14.3. The van der Waals surface area contributed by atoms with Crippen LogP contribution in [0.25, 0.3) is 0 Å². The van der Waals surface area contributed by atoms with E-state index in [1.54, 1.807) is 0 Å². The van der Waals surface area contributed by atoms with Gasteiger partial charge in [-0.05, 0) is 43.3 Å². The second-order valence-electron chi connectivity index (χ2n) is 8.35. The van der Waals surface area contributed by atoms with Gasteiger partial charge in [-0.3, -0.25) is 4.79 Å². The van der Waals surface area contributed by atoms with Gasteiger partial charge >= 0.3 is 0 Å². The Kier molecular flexibility index (Phi) is 8.53. The highest BCUT2D eigenvalue weighted by atomic mass is 16.1. The molecular formula is C18H38N2O. The van der Waals surface area contributed by atoms with E-state index in [4.69, 9.17) is 0 Å². The molecule has 0 heterocycles. The summed E-state index contributed by atoms with van der Waals surface area (Å²) in [7, 11) is 0. The summed E-state index contributed by atoms with van der Waals surface area (Å²) >= 11 is 0. The lowest BCUT2D eigenvalue weighted by Gasteiger charge is -2.34. The van der Waals surface area contributed by atoms with Gasteiger partial charge in [0.2, 0.25) is 5.91 Å². The molecule has 0 saturated carbocycles. The average Bonchev–Trinajstić information content (AvgIpc) is 2.33. The lowest BCUT2D eigenvalue weighted by Crippen LogP contribution is -2.41. The van der Waals surface area contributed by atoms with Crippen LogP contribution in [0.5, 0.6) is 0 Å². The molecule has 0 fully saturated rings. The van der Waals surface area contributed by atoms with Gasteiger partial charge in [0.15, 0.2) is 0 Å². The van der Waals surface area contributed by atoms with Crippen molar-refractivity contribution in [2.45, 2.75) is 68.2 Å². The van der Waals surface area contributed by atoms with Crippen LogP contribution in [0.15, 0.2) is 0 Å². The first kappa shape index (κ1) is 20.4. The highest BCUT2D eigenvalue weighted by Crippen LogP contribution is 2.36. The van der Waals surface area contributed by atoms with Crippen LogP contribution in [0.2, 0.25) is 0 Å². The maximum absolute atomic E-state index is 12.5. The summed E-state index contributed by atoms with van der Waals surface area (Å²) in [4.78, 5) is 14.9. The molecule has 3 nitrogen and oxygen atoms in total. The van der Waals surface area contributed by atoms with Crippen LogP contribution < -0.4 is 5.32 Å². The van der Waals surface area contributed by atoms with Crippen LogP contribution >= 0.6 is 0 Å². The van der Waals surface area contributed by atoms with E-state index in [1.807, 2.05) is 0 Å². The van der Waals surface area contributed by atoms with Gasteiger partial charge in [0.25, 0.3) is 0 Å². The topological polar surface area (TPSA) is 32.3 Å². The summed E-state index contributed by atoms with van der Waals surface area (Å²) in [5, 5.41) is 3.15. The third kappa shape index (κ3) is 9.13. The molecule has 1 N–H and O–H groups in total. The van der Waals surface area contributed by atoms with Crippen LogP contribution in [0.1, 0.15) is 68.2 Å². The lowest BCUT2D eigenvalue weighted by atomic mass is 9.71. The molecule has 0 rings (SSSR count). The molecule has 1 amide bonds. The van der Waals surface area contributed by atoms with E-state index in [-0.39, 0.29) is 22.7 Å². The molecule has 0 aliphatic rings. The van der Waals surface area contributed by atoms with Gasteiger partial charge in [-0.15, -0.1) is 0 Å². The lowest BCUT2D eigenvalue weighted by molar-refractivity contribution is -0.129. The zero-order valence-corrected chi connectivity index (χ0v) is 15.7. The summed E-state index contributed by atoms with van der Waals surface area (Å²) in [6.07, 6.45) is 1.96. The number of nitrogens with zero attached hydrogens (tertiary/aromatic N) is 1. The summed E-state index contributed by atoms with van der Waals surface area (Å²) in [5.41, 5.74) is 0.187. The predicted octanol–water partition coefficient (Wildman–Crippen LogP) is 3.93. The van der Waals surface area contributed by atoms with Gasteiger partial charge in [0.1, 0.15) is 0 Å². The number of hydrogen-bond donors (Lipinski definition) is 1. The Bertz CT molecular complexity index is 295. The molecule has 0 saturated heterocycles. The quantitative estimate of drug-likeness (QED) is 0.689. The number of rotatable bonds is 8. The van der Waals surface area contributed by atoms with E-state index < -0.39 is 0 Å². The van der Waals surface area contributed by atoms with Gasteiger partial charge in [-0.25, -0.2) is 0 Å². The molecule has 0 spiro atoms. The van der Waals surface area contributed by atoms with Crippen LogP contribution in [0.3, 0.4) is 0 Å². The van der Waals surface area contributed by atoms with Crippen molar-refractivity contribution in [1.29, 1.82) is 0 Å². The Morgan fingerprint density at radius 2 is 1.57 bits per heavy atom. The summed E-state index contributed by atoms with van der Waals surface area (Å²) in [6.45, 7) is 21.5. The van der Waals surface area contributed by atoms with Gasteiger partial charge in [-0.2, -0.15) is 0 Å². The molecule has 0 radical (unpaired) electrons. The second-order valence-corrected chi connectivity index (χ2v) is 8.35. The standard InChI is InChI=1S/C18H38N2O/c1-9-20(10-2)13-11-12-19-16(21)15(18(6,7)8)14-17(3,4)5/h15H,9-14H2,1-8H3,(H,19,21). The molecule has 1 unspecified atom stereocenters. The van der Waals surface area contributed by atoms with Crippen molar-refractivity contribution in [2.75, 3.05) is 26.2 Å². The highest BCUT2D eigenvalue weighted by Gasteiger charge is 2.34. The van der Waals surface area contributed by atoms with Gasteiger partial charge in [0.05, 0.1) is 0 Å². The minimum atomic E-state index is 0.0102. The van der Waals surface area contributed by atoms with Crippen LogP contribution in [-0.4, -0.2) is 37.0 Å². The number of amides is 1. The van der Waals surface area contributed by atoms with Crippen molar-refractivity contribution >= 4 is 5.91 Å². The molecule has 0 aromatic carbocycles. The Hall–Kier alpha value is -0.570. The van der Waals surface area contributed by atoms with Gasteiger partial charge in [-0.1, -0.05) is 55.4 Å². The summed E-state index contributed by atoms with van der Waals surface area (Å²) in [5.74, 6) is 0.294. The van der Waals surface area contributed by atoms with E-state index in [0.29, 0.717) is 0 Å². The number of carbonyl (C=O) groups excluding carboxylic acids is 1. The Balaban J connectivity index is 4.37. The van der Waals surface area contributed by atoms with Gasteiger partial charge in [0, 0.05) is 12.5 Å². The molecule has 1 atom stereocenters. The highest BCUT2D eigenvalue weighted by molar-refractivity contribution is 5.79. The fourth-order valence-electron chi connectivity index (χ4n) is 2.58. The number of carbonyl (C=O) groups is 1. The monoisotopic (exact) mass is 298 g/mol. The number of nitrogens with one attached hydrogen (secondary N) is 1. The van der Waals surface area contributed by atoms with Crippen molar-refractivity contribution in [3.05, 3.63) is 0 Å². The average molecular weight is 299 g/mol. The van der Waals surface area contributed by atoms with E-state index in [2.05, 4.69) is 65.6 Å². The van der Waals surface area contributed by atoms with Crippen LogP contribution in [0, 0.1) is 16.7 Å². The molecule has 21 heavy (non-hydrogen) atoms. The molecule has 0 aliphatic carbocycles. The first-order valence-electron chi connectivity index (χ1n) is 8.51. The zero-order chi connectivity index (χ0) is 16.7. The Labute approximate surface area is 132 Å². The smallest absolute Gasteiger partial charge is 0.223 e. The van der Waals surface area contributed by atoms with Crippen molar-refractivity contribution in [1.82, 2.24) is 10.2 Å². The maximum atomic E-state index is 12.5. The molecule has 0 aromatic heterocycles. The maximum Gasteiger partial charge on any atom is 0.223 e. The molecule has 3 heteroatoms. The van der Waals surface area contributed by atoms with Crippen molar-refractivity contribution < 1.29 is 4.79 Å². The molecule has 0 aromatic rings. The van der Waals surface area contributed by atoms with Crippen molar-refractivity contribution in [3.8, 4) is 0 Å².